The van der Waals surface area contributed by atoms with E-state index in [-0.39, 0.29) is 5.56 Å². The number of aromatic nitrogens is 3. The molecule has 2 aromatic heterocycles. The molecule has 188 valence electrons. The summed E-state index contributed by atoms with van der Waals surface area (Å²) in [4.78, 5) is 18.3. The lowest BCUT2D eigenvalue weighted by Crippen LogP contribution is -2.22. The van der Waals surface area contributed by atoms with Crippen LogP contribution in [0.2, 0.25) is 0 Å². The van der Waals surface area contributed by atoms with E-state index in [1.54, 1.807) is 0 Å². The number of benzene rings is 4. The van der Waals surface area contributed by atoms with Gasteiger partial charge in [-0.25, -0.2) is 4.98 Å². The van der Waals surface area contributed by atoms with Crippen molar-refractivity contribution < 1.29 is 0 Å². The third-order valence-corrected chi connectivity index (χ3v) is 7.63. The molecular formula is C32H27BrN4O. The molecule has 2 heterocycles. The molecule has 4 aromatic carbocycles. The molecule has 0 fully saturated rings. The van der Waals surface area contributed by atoms with Crippen molar-refractivity contribution in [2.24, 2.45) is 5.10 Å². The van der Waals surface area contributed by atoms with Gasteiger partial charge in [-0.15, -0.1) is 0 Å². The standard InChI is InChI=1S/C32H27BrN4O/c1-3-9-31-35-29-17-16-24(33)18-27(29)32(38)37(31)34-19-28-21(2)36(30-15-7-6-14-26(28)30)20-23-12-8-11-22-10-4-5-13-25(22)23/h4-8,10-19H,3,9,20H2,1-2H3. The molecule has 0 N–H and O–H groups in total. The molecule has 0 spiro atoms. The van der Waals surface area contributed by atoms with Gasteiger partial charge in [0.25, 0.3) is 5.56 Å². The number of hydrogen-bond acceptors (Lipinski definition) is 3. The second kappa shape index (κ2) is 10.0. The molecule has 0 radical (unpaired) electrons. The van der Waals surface area contributed by atoms with Crippen LogP contribution in [0.15, 0.2) is 99.3 Å². The zero-order valence-electron chi connectivity index (χ0n) is 21.4. The van der Waals surface area contributed by atoms with Gasteiger partial charge in [-0.1, -0.05) is 83.5 Å². The minimum absolute atomic E-state index is 0.159. The number of hydrogen-bond donors (Lipinski definition) is 0. The lowest BCUT2D eigenvalue weighted by molar-refractivity contribution is 0.703. The third-order valence-electron chi connectivity index (χ3n) is 7.14. The zero-order valence-corrected chi connectivity index (χ0v) is 22.9. The molecule has 6 rings (SSSR count). The minimum Gasteiger partial charge on any atom is -0.340 e. The van der Waals surface area contributed by atoms with Crippen LogP contribution in [0.3, 0.4) is 0 Å². The second-order valence-electron chi connectivity index (χ2n) is 9.54. The van der Waals surface area contributed by atoms with Crippen LogP contribution in [0.5, 0.6) is 0 Å². The lowest BCUT2D eigenvalue weighted by atomic mass is 10.0. The van der Waals surface area contributed by atoms with Crippen LogP contribution in [0, 0.1) is 6.92 Å². The maximum absolute atomic E-state index is 13.5. The Hall–Kier alpha value is -4.03. The monoisotopic (exact) mass is 562 g/mol. The Bertz CT molecular complexity index is 1910. The largest absolute Gasteiger partial charge is 0.340 e. The first-order chi connectivity index (χ1) is 18.5. The smallest absolute Gasteiger partial charge is 0.282 e. The van der Waals surface area contributed by atoms with Gasteiger partial charge in [-0.3, -0.25) is 4.79 Å². The van der Waals surface area contributed by atoms with Gasteiger partial charge < -0.3 is 4.57 Å². The number of nitrogens with zero attached hydrogens (tertiary/aromatic N) is 4. The van der Waals surface area contributed by atoms with Gasteiger partial charge in [-0.05, 0) is 53.9 Å². The molecule has 0 aliphatic heterocycles. The number of fused-ring (bicyclic) bond motifs is 3. The molecule has 6 aromatic rings. The van der Waals surface area contributed by atoms with Crippen LogP contribution in [0.4, 0.5) is 0 Å². The van der Waals surface area contributed by atoms with E-state index in [1.807, 2.05) is 30.5 Å². The summed E-state index contributed by atoms with van der Waals surface area (Å²) >= 11 is 3.48. The quantitative estimate of drug-likeness (QED) is 0.198. The summed E-state index contributed by atoms with van der Waals surface area (Å²) in [6.07, 6.45) is 3.36. The Kier molecular flexibility index (Phi) is 6.42. The Morgan fingerprint density at radius 2 is 1.68 bits per heavy atom. The van der Waals surface area contributed by atoms with Crippen molar-refractivity contribution >= 4 is 54.7 Å². The van der Waals surface area contributed by atoms with E-state index in [9.17, 15) is 4.79 Å². The van der Waals surface area contributed by atoms with Gasteiger partial charge in [-0.2, -0.15) is 9.78 Å². The summed E-state index contributed by atoms with van der Waals surface area (Å²) in [5, 5.41) is 8.89. The number of halogens is 1. The molecular weight excluding hydrogens is 536 g/mol. The fraction of sp³-hybridized carbons (Fsp3) is 0.156. The van der Waals surface area contributed by atoms with Crippen molar-refractivity contribution in [2.45, 2.75) is 33.2 Å². The summed E-state index contributed by atoms with van der Waals surface area (Å²) in [6.45, 7) is 4.95. The van der Waals surface area contributed by atoms with Crippen molar-refractivity contribution in [1.29, 1.82) is 0 Å². The van der Waals surface area contributed by atoms with Crippen molar-refractivity contribution in [3.05, 3.63) is 122 Å². The Morgan fingerprint density at radius 1 is 0.921 bits per heavy atom. The molecule has 0 saturated heterocycles. The van der Waals surface area contributed by atoms with Crippen LogP contribution >= 0.6 is 15.9 Å². The molecule has 0 saturated carbocycles. The highest BCUT2D eigenvalue weighted by molar-refractivity contribution is 9.10. The minimum atomic E-state index is -0.159. The first-order valence-electron chi connectivity index (χ1n) is 12.8. The number of aryl methyl sites for hydroxylation is 1. The Labute approximate surface area is 229 Å². The summed E-state index contributed by atoms with van der Waals surface area (Å²) < 4.78 is 4.65. The van der Waals surface area contributed by atoms with Gasteiger partial charge in [0.05, 0.1) is 17.1 Å². The fourth-order valence-electron chi connectivity index (χ4n) is 5.24. The van der Waals surface area contributed by atoms with Crippen LogP contribution in [0.1, 0.15) is 36.0 Å². The Balaban J connectivity index is 1.49. The van der Waals surface area contributed by atoms with E-state index in [4.69, 9.17) is 10.1 Å². The van der Waals surface area contributed by atoms with Crippen molar-refractivity contribution in [1.82, 2.24) is 14.2 Å². The number of rotatable bonds is 6. The molecule has 0 aliphatic carbocycles. The molecule has 0 amide bonds. The first kappa shape index (κ1) is 24.3. The van der Waals surface area contributed by atoms with E-state index in [1.165, 1.54) is 21.0 Å². The lowest BCUT2D eigenvalue weighted by Gasteiger charge is -2.11. The average molecular weight is 563 g/mol. The van der Waals surface area contributed by atoms with Gasteiger partial charge in [0.2, 0.25) is 0 Å². The summed E-state index contributed by atoms with van der Waals surface area (Å²) in [5.74, 6) is 0.667. The van der Waals surface area contributed by atoms with E-state index >= 15 is 0 Å². The summed E-state index contributed by atoms with van der Waals surface area (Å²) in [5.41, 5.74) is 5.04. The summed E-state index contributed by atoms with van der Waals surface area (Å²) in [6, 6.07) is 28.9. The molecule has 0 unspecified atom stereocenters. The van der Waals surface area contributed by atoms with Crippen LogP contribution in [0.25, 0.3) is 32.6 Å². The van der Waals surface area contributed by atoms with E-state index in [2.05, 4.69) is 95.0 Å². The average Bonchev–Trinajstić information content (AvgIpc) is 3.20. The second-order valence-corrected chi connectivity index (χ2v) is 10.5. The normalized spacial score (nSPS) is 11.9. The predicted octanol–water partition coefficient (Wildman–Crippen LogP) is 7.46. The SMILES string of the molecule is CCCc1nc2ccc(Br)cc2c(=O)n1N=Cc1c(C)n(Cc2cccc3ccccc23)c2ccccc12. The van der Waals surface area contributed by atoms with Gasteiger partial charge >= 0.3 is 0 Å². The highest BCUT2D eigenvalue weighted by atomic mass is 79.9. The van der Waals surface area contributed by atoms with Crippen molar-refractivity contribution in [2.75, 3.05) is 0 Å². The van der Waals surface area contributed by atoms with E-state index in [0.717, 1.165) is 39.6 Å². The van der Waals surface area contributed by atoms with Gasteiger partial charge in [0, 0.05) is 39.6 Å². The zero-order chi connectivity index (χ0) is 26.2. The maximum atomic E-state index is 13.5. The maximum Gasteiger partial charge on any atom is 0.282 e. The summed E-state index contributed by atoms with van der Waals surface area (Å²) in [7, 11) is 0. The van der Waals surface area contributed by atoms with Crippen LogP contribution < -0.4 is 5.56 Å². The van der Waals surface area contributed by atoms with Gasteiger partial charge in [0.15, 0.2) is 0 Å². The van der Waals surface area contributed by atoms with Crippen LogP contribution in [-0.4, -0.2) is 20.4 Å². The van der Waals surface area contributed by atoms with Crippen molar-refractivity contribution in [3.63, 3.8) is 0 Å². The van der Waals surface area contributed by atoms with Crippen molar-refractivity contribution in [3.8, 4) is 0 Å². The Morgan fingerprint density at radius 3 is 2.53 bits per heavy atom. The molecule has 0 aliphatic rings. The van der Waals surface area contributed by atoms with E-state index in [0.29, 0.717) is 23.1 Å². The highest BCUT2D eigenvalue weighted by Crippen LogP contribution is 2.28. The molecule has 5 nitrogen and oxygen atoms in total. The molecule has 6 heteroatoms. The highest BCUT2D eigenvalue weighted by Gasteiger charge is 2.15. The first-order valence-corrected chi connectivity index (χ1v) is 13.6. The topological polar surface area (TPSA) is 52.2 Å². The van der Waals surface area contributed by atoms with Crippen LogP contribution in [-0.2, 0) is 13.0 Å². The predicted molar refractivity (Wildman–Crippen MR) is 160 cm³/mol. The number of para-hydroxylation sites is 1. The van der Waals surface area contributed by atoms with Gasteiger partial charge in [0.1, 0.15) is 5.82 Å². The fourth-order valence-corrected chi connectivity index (χ4v) is 5.60. The molecule has 0 bridgehead atoms. The van der Waals surface area contributed by atoms with E-state index < -0.39 is 0 Å². The molecule has 38 heavy (non-hydrogen) atoms. The third kappa shape index (κ3) is 4.25. The molecule has 0 atom stereocenters.